The van der Waals surface area contributed by atoms with Gasteiger partial charge in [0.2, 0.25) is 0 Å². The number of hydrogen-bond donors (Lipinski definition) is 1. The normalized spacial score (nSPS) is 13.2. The molecule has 1 N–H and O–H groups in total. The number of rotatable bonds is 5. The minimum atomic E-state index is 0.217. The number of methoxy groups -OCH3 is 1. The van der Waals surface area contributed by atoms with Crippen molar-refractivity contribution in [2.45, 2.75) is 25.9 Å². The monoisotopic (exact) mass is 280 g/mol. The molecule has 0 saturated heterocycles. The third kappa shape index (κ3) is 3.84. The van der Waals surface area contributed by atoms with Gasteiger partial charge in [0.1, 0.15) is 5.75 Å². The molecule has 2 atom stereocenters. The van der Waals surface area contributed by atoms with Crippen LogP contribution < -0.4 is 10.1 Å². The lowest BCUT2D eigenvalue weighted by Crippen LogP contribution is -2.22. The number of nitrogens with one attached hydrogen (secondary N) is 1. The zero-order valence-electron chi connectivity index (χ0n) is 12.6. The van der Waals surface area contributed by atoms with Gasteiger partial charge in [-0.15, -0.1) is 0 Å². The van der Waals surface area contributed by atoms with Gasteiger partial charge in [-0.2, -0.15) is 5.26 Å². The molecule has 2 aromatic rings. The summed E-state index contributed by atoms with van der Waals surface area (Å²) in [6.45, 7) is 4.27. The van der Waals surface area contributed by atoms with Crippen molar-refractivity contribution in [1.82, 2.24) is 5.32 Å². The highest BCUT2D eigenvalue weighted by atomic mass is 16.5. The molecule has 3 nitrogen and oxygen atoms in total. The lowest BCUT2D eigenvalue weighted by Gasteiger charge is -2.21. The van der Waals surface area contributed by atoms with E-state index in [1.807, 2.05) is 36.4 Å². The molecular weight excluding hydrogens is 260 g/mol. The first-order valence-corrected chi connectivity index (χ1v) is 7.04. The van der Waals surface area contributed by atoms with Gasteiger partial charge >= 0.3 is 0 Å². The average Bonchev–Trinajstić information content (AvgIpc) is 2.55. The second-order valence-corrected chi connectivity index (χ2v) is 5.12. The van der Waals surface area contributed by atoms with E-state index < -0.39 is 0 Å². The topological polar surface area (TPSA) is 45.0 Å². The largest absolute Gasteiger partial charge is 0.497 e. The Labute approximate surface area is 126 Å². The Morgan fingerprint density at radius 1 is 0.905 bits per heavy atom. The number of nitrogens with zero attached hydrogens (tertiary/aromatic N) is 1. The molecule has 3 heteroatoms. The molecule has 0 bridgehead atoms. The Bertz CT molecular complexity index is 611. The van der Waals surface area contributed by atoms with Crippen LogP contribution in [-0.4, -0.2) is 7.11 Å². The zero-order valence-corrected chi connectivity index (χ0v) is 12.6. The molecule has 0 heterocycles. The maximum absolute atomic E-state index is 8.83. The first-order chi connectivity index (χ1) is 10.1. The van der Waals surface area contributed by atoms with Crippen molar-refractivity contribution in [1.29, 1.82) is 5.26 Å². The second-order valence-electron chi connectivity index (χ2n) is 5.12. The molecule has 2 rings (SSSR count). The molecule has 0 aliphatic rings. The van der Waals surface area contributed by atoms with Crippen LogP contribution >= 0.6 is 0 Å². The fourth-order valence-corrected chi connectivity index (χ4v) is 2.31. The van der Waals surface area contributed by atoms with E-state index in [4.69, 9.17) is 10.00 Å². The Morgan fingerprint density at radius 3 is 1.81 bits per heavy atom. The third-order valence-corrected chi connectivity index (χ3v) is 3.66. The van der Waals surface area contributed by atoms with Gasteiger partial charge in [-0.25, -0.2) is 0 Å². The van der Waals surface area contributed by atoms with E-state index in [1.165, 1.54) is 11.1 Å². The van der Waals surface area contributed by atoms with Crippen molar-refractivity contribution in [3.05, 3.63) is 65.2 Å². The van der Waals surface area contributed by atoms with E-state index in [-0.39, 0.29) is 12.1 Å². The first-order valence-electron chi connectivity index (χ1n) is 7.04. The summed E-state index contributed by atoms with van der Waals surface area (Å²) in [5.74, 6) is 0.867. The van der Waals surface area contributed by atoms with Crippen LogP contribution in [0.1, 0.15) is 42.6 Å². The Balaban J connectivity index is 2.03. The summed E-state index contributed by atoms with van der Waals surface area (Å²) in [4.78, 5) is 0. The fourth-order valence-electron chi connectivity index (χ4n) is 2.31. The number of nitriles is 1. The standard InChI is InChI=1S/C18H20N2O/c1-13(16-6-4-15(12-19)5-7-16)20-14(2)17-8-10-18(21-3)11-9-17/h4-11,13-14,20H,1-3H3/t13?,14-/m0/s1. The molecule has 0 fully saturated rings. The van der Waals surface area contributed by atoms with Gasteiger partial charge in [0.25, 0.3) is 0 Å². The van der Waals surface area contributed by atoms with Crippen molar-refractivity contribution < 1.29 is 4.74 Å². The van der Waals surface area contributed by atoms with Crippen LogP contribution in [0, 0.1) is 11.3 Å². The van der Waals surface area contributed by atoms with Crippen molar-refractivity contribution in [3.8, 4) is 11.8 Å². The third-order valence-electron chi connectivity index (χ3n) is 3.66. The quantitative estimate of drug-likeness (QED) is 0.901. The average molecular weight is 280 g/mol. The molecule has 2 aromatic carbocycles. The molecule has 0 aromatic heterocycles. The number of benzene rings is 2. The first kappa shape index (κ1) is 15.1. The highest BCUT2D eigenvalue weighted by Gasteiger charge is 2.11. The molecule has 21 heavy (non-hydrogen) atoms. The van der Waals surface area contributed by atoms with Gasteiger partial charge in [-0.3, -0.25) is 0 Å². The highest BCUT2D eigenvalue weighted by Crippen LogP contribution is 2.21. The molecule has 108 valence electrons. The lowest BCUT2D eigenvalue weighted by molar-refractivity contribution is 0.414. The summed E-state index contributed by atoms with van der Waals surface area (Å²) in [6.07, 6.45) is 0. The summed E-state index contributed by atoms with van der Waals surface area (Å²) in [7, 11) is 1.67. The smallest absolute Gasteiger partial charge is 0.118 e. The number of ether oxygens (including phenoxy) is 1. The molecule has 0 amide bonds. The van der Waals surface area contributed by atoms with E-state index >= 15 is 0 Å². The van der Waals surface area contributed by atoms with E-state index in [1.54, 1.807) is 7.11 Å². The van der Waals surface area contributed by atoms with Crippen molar-refractivity contribution in [3.63, 3.8) is 0 Å². The molecule has 0 saturated carbocycles. The summed E-state index contributed by atoms with van der Waals surface area (Å²) in [6, 6.07) is 18.4. The Morgan fingerprint density at radius 2 is 1.38 bits per heavy atom. The summed E-state index contributed by atoms with van der Waals surface area (Å²) >= 11 is 0. The predicted octanol–water partition coefficient (Wildman–Crippen LogP) is 3.98. The second kappa shape index (κ2) is 6.92. The van der Waals surface area contributed by atoms with E-state index in [0.717, 1.165) is 5.75 Å². The van der Waals surface area contributed by atoms with Crippen LogP contribution in [0.5, 0.6) is 5.75 Å². The molecule has 0 radical (unpaired) electrons. The van der Waals surface area contributed by atoms with Crippen molar-refractivity contribution in [2.75, 3.05) is 7.11 Å². The SMILES string of the molecule is COc1ccc([C@H](C)NC(C)c2ccc(C#N)cc2)cc1. The minimum Gasteiger partial charge on any atom is -0.497 e. The molecular formula is C18H20N2O. The van der Waals surface area contributed by atoms with E-state index in [2.05, 4.69) is 37.4 Å². The van der Waals surface area contributed by atoms with Crippen LogP contribution in [0.25, 0.3) is 0 Å². The van der Waals surface area contributed by atoms with E-state index in [0.29, 0.717) is 5.56 Å². The van der Waals surface area contributed by atoms with Gasteiger partial charge in [-0.1, -0.05) is 24.3 Å². The van der Waals surface area contributed by atoms with Gasteiger partial charge in [-0.05, 0) is 49.2 Å². The minimum absolute atomic E-state index is 0.217. The highest BCUT2D eigenvalue weighted by molar-refractivity contribution is 5.33. The number of hydrogen-bond acceptors (Lipinski definition) is 3. The van der Waals surface area contributed by atoms with Gasteiger partial charge in [0, 0.05) is 12.1 Å². The van der Waals surface area contributed by atoms with Crippen molar-refractivity contribution >= 4 is 0 Å². The van der Waals surface area contributed by atoms with Crippen molar-refractivity contribution in [2.24, 2.45) is 0 Å². The maximum Gasteiger partial charge on any atom is 0.118 e. The lowest BCUT2D eigenvalue weighted by atomic mass is 10.0. The van der Waals surface area contributed by atoms with Crippen LogP contribution in [0.3, 0.4) is 0 Å². The molecule has 0 aliphatic carbocycles. The zero-order chi connectivity index (χ0) is 15.2. The Hall–Kier alpha value is -2.31. The fraction of sp³-hybridized carbons (Fsp3) is 0.278. The van der Waals surface area contributed by atoms with Crippen LogP contribution in [0.2, 0.25) is 0 Å². The maximum atomic E-state index is 8.83. The van der Waals surface area contributed by atoms with Gasteiger partial charge < -0.3 is 10.1 Å². The van der Waals surface area contributed by atoms with Crippen LogP contribution in [0.4, 0.5) is 0 Å². The van der Waals surface area contributed by atoms with Gasteiger partial charge in [0.15, 0.2) is 0 Å². The molecule has 0 aliphatic heterocycles. The summed E-state index contributed by atoms with van der Waals surface area (Å²) in [5.41, 5.74) is 3.08. The van der Waals surface area contributed by atoms with Gasteiger partial charge in [0.05, 0.1) is 18.7 Å². The van der Waals surface area contributed by atoms with Crippen LogP contribution in [0.15, 0.2) is 48.5 Å². The van der Waals surface area contributed by atoms with E-state index in [9.17, 15) is 0 Å². The summed E-state index contributed by atoms with van der Waals surface area (Å²) < 4.78 is 5.17. The predicted molar refractivity (Wildman–Crippen MR) is 84.1 cm³/mol. The summed E-state index contributed by atoms with van der Waals surface area (Å²) in [5, 5.41) is 12.4. The van der Waals surface area contributed by atoms with Crippen LogP contribution in [-0.2, 0) is 0 Å². The molecule has 1 unspecified atom stereocenters. The molecule has 0 spiro atoms. The Kier molecular flexibility index (Phi) is 4.97.